The first-order valence-electron chi connectivity index (χ1n) is 7.07. The zero-order valence-electron chi connectivity index (χ0n) is 12.2. The van der Waals surface area contributed by atoms with Crippen LogP contribution in [-0.2, 0) is 17.8 Å². The quantitative estimate of drug-likeness (QED) is 0.783. The summed E-state index contributed by atoms with van der Waals surface area (Å²) < 4.78 is 11.7. The lowest BCUT2D eigenvalue weighted by Crippen LogP contribution is -2.36. The van der Waals surface area contributed by atoms with E-state index in [0.29, 0.717) is 18.7 Å². The molecule has 0 saturated carbocycles. The summed E-state index contributed by atoms with van der Waals surface area (Å²) in [5, 5.41) is 2.73. The first kappa shape index (κ1) is 14.9. The van der Waals surface area contributed by atoms with Crippen molar-refractivity contribution in [2.45, 2.75) is 13.0 Å². The number of hydrogen-bond acceptors (Lipinski definition) is 5. The lowest BCUT2D eigenvalue weighted by molar-refractivity contribution is -0.121. The minimum Gasteiger partial charge on any atom is -0.454 e. The third-order valence-corrected chi connectivity index (χ3v) is 3.38. The van der Waals surface area contributed by atoms with Crippen molar-refractivity contribution in [2.24, 2.45) is 0 Å². The molecule has 8 heteroatoms. The molecular weight excluding hydrogens is 302 g/mol. The molecule has 0 fully saturated rings. The van der Waals surface area contributed by atoms with Gasteiger partial charge in [-0.25, -0.2) is 4.79 Å². The number of fused-ring (bicyclic) bond motifs is 1. The second kappa shape index (κ2) is 6.39. The van der Waals surface area contributed by atoms with Crippen LogP contribution in [0.4, 0.5) is 0 Å². The Balaban J connectivity index is 1.51. The SMILES string of the molecule is O=C(Cn1ccc(=O)[nH]c1=O)NCCc1ccc2c(c1)OCO2. The Morgan fingerprint density at radius 1 is 1.22 bits per heavy atom. The van der Waals surface area contributed by atoms with Crippen molar-refractivity contribution in [3.05, 3.63) is 56.9 Å². The summed E-state index contributed by atoms with van der Waals surface area (Å²) in [5.74, 6) is 1.11. The lowest BCUT2D eigenvalue weighted by Gasteiger charge is -2.07. The normalized spacial score (nSPS) is 12.2. The van der Waals surface area contributed by atoms with Crippen LogP contribution in [0.2, 0.25) is 0 Å². The largest absolute Gasteiger partial charge is 0.454 e. The molecule has 0 bridgehead atoms. The standard InChI is InChI=1S/C15H15N3O5/c19-13-4-6-18(15(21)17-13)8-14(20)16-5-3-10-1-2-11-12(7-10)23-9-22-11/h1-2,4,6-7H,3,5,8-9H2,(H,16,20)(H,17,19,21). The minimum absolute atomic E-state index is 0.142. The van der Waals surface area contributed by atoms with Crippen LogP contribution in [0, 0.1) is 0 Å². The van der Waals surface area contributed by atoms with Crippen LogP contribution in [0.15, 0.2) is 40.1 Å². The first-order valence-corrected chi connectivity index (χ1v) is 7.07. The Kier molecular flexibility index (Phi) is 4.13. The topological polar surface area (TPSA) is 102 Å². The van der Waals surface area contributed by atoms with Crippen LogP contribution in [0.3, 0.4) is 0 Å². The molecule has 2 N–H and O–H groups in total. The molecule has 2 aromatic rings. The average molecular weight is 317 g/mol. The summed E-state index contributed by atoms with van der Waals surface area (Å²) in [5.41, 5.74) is -0.0892. The number of nitrogens with one attached hydrogen (secondary N) is 2. The van der Waals surface area contributed by atoms with Crippen molar-refractivity contribution < 1.29 is 14.3 Å². The van der Waals surface area contributed by atoms with Gasteiger partial charge in [-0.3, -0.25) is 19.1 Å². The molecule has 1 aliphatic heterocycles. The van der Waals surface area contributed by atoms with Crippen LogP contribution in [0.1, 0.15) is 5.56 Å². The summed E-state index contributed by atoms with van der Waals surface area (Å²) in [6.07, 6.45) is 1.92. The highest BCUT2D eigenvalue weighted by Crippen LogP contribution is 2.32. The number of benzene rings is 1. The molecule has 0 aliphatic carbocycles. The van der Waals surface area contributed by atoms with Gasteiger partial charge in [-0.05, 0) is 24.1 Å². The van der Waals surface area contributed by atoms with Crippen molar-refractivity contribution in [2.75, 3.05) is 13.3 Å². The molecule has 3 rings (SSSR count). The summed E-state index contributed by atoms with van der Waals surface area (Å²) in [6.45, 7) is 0.511. The Morgan fingerprint density at radius 2 is 2.04 bits per heavy atom. The number of rotatable bonds is 5. The second-order valence-electron chi connectivity index (χ2n) is 5.03. The van der Waals surface area contributed by atoms with Gasteiger partial charge in [-0.2, -0.15) is 0 Å². The molecule has 2 heterocycles. The van der Waals surface area contributed by atoms with Gasteiger partial charge in [0.2, 0.25) is 12.7 Å². The molecule has 0 atom stereocenters. The highest BCUT2D eigenvalue weighted by atomic mass is 16.7. The van der Waals surface area contributed by atoms with Gasteiger partial charge in [0, 0.05) is 18.8 Å². The summed E-state index contributed by atoms with van der Waals surface area (Å²) in [4.78, 5) is 36.3. The van der Waals surface area contributed by atoms with Crippen LogP contribution >= 0.6 is 0 Å². The Labute approximate surface area is 130 Å². The van der Waals surface area contributed by atoms with Crippen molar-refractivity contribution >= 4 is 5.91 Å². The van der Waals surface area contributed by atoms with E-state index in [-0.39, 0.29) is 19.2 Å². The number of carbonyl (C=O) groups is 1. The molecule has 0 unspecified atom stereocenters. The number of carbonyl (C=O) groups excluding carboxylic acids is 1. The predicted molar refractivity (Wildman–Crippen MR) is 80.6 cm³/mol. The van der Waals surface area contributed by atoms with E-state index in [9.17, 15) is 14.4 Å². The van der Waals surface area contributed by atoms with E-state index >= 15 is 0 Å². The maximum Gasteiger partial charge on any atom is 0.328 e. The van der Waals surface area contributed by atoms with Gasteiger partial charge >= 0.3 is 5.69 Å². The molecule has 0 spiro atoms. The van der Waals surface area contributed by atoms with E-state index in [0.717, 1.165) is 15.9 Å². The van der Waals surface area contributed by atoms with Crippen molar-refractivity contribution in [1.29, 1.82) is 0 Å². The fraction of sp³-hybridized carbons (Fsp3) is 0.267. The van der Waals surface area contributed by atoms with Crippen molar-refractivity contribution in [3.8, 4) is 11.5 Å². The smallest absolute Gasteiger partial charge is 0.328 e. The molecule has 1 aromatic heterocycles. The maximum absolute atomic E-state index is 11.8. The molecular formula is C15H15N3O5. The number of H-pyrrole nitrogens is 1. The van der Waals surface area contributed by atoms with Gasteiger partial charge in [-0.15, -0.1) is 0 Å². The monoisotopic (exact) mass is 317 g/mol. The molecule has 1 aromatic carbocycles. The Hall–Kier alpha value is -3.03. The van der Waals surface area contributed by atoms with E-state index in [1.807, 2.05) is 18.2 Å². The molecule has 0 radical (unpaired) electrons. The van der Waals surface area contributed by atoms with E-state index < -0.39 is 11.2 Å². The predicted octanol–water partition coefficient (Wildman–Crippen LogP) is -0.376. The van der Waals surface area contributed by atoms with Gasteiger partial charge < -0.3 is 14.8 Å². The number of nitrogens with zero attached hydrogens (tertiary/aromatic N) is 1. The highest BCUT2D eigenvalue weighted by molar-refractivity contribution is 5.75. The van der Waals surface area contributed by atoms with Gasteiger partial charge in [0.1, 0.15) is 6.54 Å². The summed E-state index contributed by atoms with van der Waals surface area (Å²) >= 11 is 0. The van der Waals surface area contributed by atoms with Crippen LogP contribution in [0.5, 0.6) is 11.5 Å². The van der Waals surface area contributed by atoms with Crippen LogP contribution < -0.4 is 26.0 Å². The zero-order valence-corrected chi connectivity index (χ0v) is 12.2. The van der Waals surface area contributed by atoms with Gasteiger partial charge in [-0.1, -0.05) is 6.07 Å². The van der Waals surface area contributed by atoms with Gasteiger partial charge in [0.05, 0.1) is 0 Å². The number of amides is 1. The van der Waals surface area contributed by atoms with Gasteiger partial charge in [0.25, 0.3) is 5.56 Å². The molecule has 120 valence electrons. The van der Waals surface area contributed by atoms with Crippen LogP contribution in [0.25, 0.3) is 0 Å². The molecule has 1 amide bonds. The summed E-state index contributed by atoms with van der Waals surface area (Å²) in [6, 6.07) is 6.81. The fourth-order valence-corrected chi connectivity index (χ4v) is 2.22. The average Bonchev–Trinajstić information content (AvgIpc) is 2.98. The zero-order chi connectivity index (χ0) is 16.2. The summed E-state index contributed by atoms with van der Waals surface area (Å²) in [7, 11) is 0. The van der Waals surface area contributed by atoms with Crippen molar-refractivity contribution in [1.82, 2.24) is 14.9 Å². The number of aromatic amines is 1. The Bertz CT molecular complexity index is 839. The molecule has 0 saturated heterocycles. The minimum atomic E-state index is -0.608. The molecule has 1 aliphatic rings. The first-order chi connectivity index (χ1) is 11.1. The van der Waals surface area contributed by atoms with E-state index in [2.05, 4.69) is 10.3 Å². The molecule has 8 nitrogen and oxygen atoms in total. The van der Waals surface area contributed by atoms with Crippen LogP contribution in [-0.4, -0.2) is 28.8 Å². The third kappa shape index (κ3) is 3.60. The fourth-order valence-electron chi connectivity index (χ4n) is 2.22. The van der Waals surface area contributed by atoms with Crippen molar-refractivity contribution in [3.63, 3.8) is 0 Å². The number of ether oxygens (including phenoxy) is 2. The number of aromatic nitrogens is 2. The second-order valence-corrected chi connectivity index (χ2v) is 5.03. The third-order valence-electron chi connectivity index (χ3n) is 3.38. The maximum atomic E-state index is 11.8. The highest BCUT2D eigenvalue weighted by Gasteiger charge is 2.13. The molecule has 23 heavy (non-hydrogen) atoms. The van der Waals surface area contributed by atoms with Gasteiger partial charge in [0.15, 0.2) is 11.5 Å². The van der Waals surface area contributed by atoms with E-state index in [4.69, 9.17) is 9.47 Å². The Morgan fingerprint density at radius 3 is 2.87 bits per heavy atom. The number of hydrogen-bond donors (Lipinski definition) is 2. The lowest BCUT2D eigenvalue weighted by atomic mass is 10.1. The van der Waals surface area contributed by atoms with E-state index in [1.54, 1.807) is 0 Å². The van der Waals surface area contributed by atoms with E-state index in [1.165, 1.54) is 12.3 Å².